The second kappa shape index (κ2) is 16.7. The van der Waals surface area contributed by atoms with Gasteiger partial charge < -0.3 is 48.1 Å². The molecule has 57 heavy (non-hydrogen) atoms. The predicted octanol–water partition coefficient (Wildman–Crippen LogP) is 5.43. The van der Waals surface area contributed by atoms with Gasteiger partial charge in [-0.1, -0.05) is 43.8 Å². The number of fused-ring (bicyclic) bond motifs is 2. The molecule has 8 atom stereocenters. The summed E-state index contributed by atoms with van der Waals surface area (Å²) in [4.78, 5) is 69.1. The number of hydrogen-bond donors (Lipinski definition) is 2. The van der Waals surface area contributed by atoms with Crippen molar-refractivity contribution in [2.75, 3.05) is 0 Å². The first-order valence-electron chi connectivity index (χ1n) is 19.0. The fourth-order valence-electron chi connectivity index (χ4n) is 6.71. The molecular formula is C42H62O15. The molecule has 1 aromatic carbocycles. The summed E-state index contributed by atoms with van der Waals surface area (Å²) in [6.45, 7) is 25.4. The quantitative estimate of drug-likeness (QED) is 0.154. The Labute approximate surface area is 335 Å². The molecule has 15 heteroatoms. The van der Waals surface area contributed by atoms with Gasteiger partial charge in [0.1, 0.15) is 34.6 Å². The molecule has 3 rings (SSSR count). The molecule has 0 radical (unpaired) electrons. The highest BCUT2D eigenvalue weighted by Gasteiger charge is 2.86. The van der Waals surface area contributed by atoms with E-state index in [9.17, 15) is 34.2 Å². The zero-order valence-corrected chi connectivity index (χ0v) is 35.8. The Hall–Kier alpha value is -4.05. The lowest BCUT2D eigenvalue weighted by Crippen LogP contribution is -2.79. The molecule has 2 fully saturated rings. The largest absolute Gasteiger partial charge is 0.509 e. The third kappa shape index (κ3) is 11.1. The van der Waals surface area contributed by atoms with E-state index >= 15 is 0 Å². The van der Waals surface area contributed by atoms with Gasteiger partial charge in [0.2, 0.25) is 23.1 Å². The van der Waals surface area contributed by atoms with Crippen molar-refractivity contribution in [2.45, 2.75) is 180 Å². The van der Waals surface area contributed by atoms with Crippen LogP contribution in [0.15, 0.2) is 42.5 Å². The van der Waals surface area contributed by atoms with Crippen molar-refractivity contribution in [3.8, 4) is 0 Å². The van der Waals surface area contributed by atoms with Crippen molar-refractivity contribution < 1.29 is 72.1 Å². The Bertz CT molecular complexity index is 1660. The van der Waals surface area contributed by atoms with Crippen molar-refractivity contribution >= 4 is 30.0 Å². The molecule has 0 saturated carbocycles. The van der Waals surface area contributed by atoms with Crippen molar-refractivity contribution in [1.29, 1.82) is 0 Å². The summed E-state index contributed by atoms with van der Waals surface area (Å²) in [6.07, 6.45) is -9.46. The van der Waals surface area contributed by atoms with Crippen molar-refractivity contribution in [3.05, 3.63) is 48.0 Å². The van der Waals surface area contributed by atoms with E-state index in [4.69, 9.17) is 37.9 Å². The van der Waals surface area contributed by atoms with E-state index in [-0.39, 0.29) is 12.3 Å². The number of hydrogen-bond acceptors (Lipinski definition) is 15. The Morgan fingerprint density at radius 3 is 1.81 bits per heavy atom. The van der Waals surface area contributed by atoms with Crippen LogP contribution in [0.5, 0.6) is 0 Å². The fourth-order valence-corrected chi connectivity index (χ4v) is 6.71. The Kier molecular flexibility index (Phi) is 13.8. The number of aliphatic hydroxyl groups is 2. The van der Waals surface area contributed by atoms with Crippen molar-refractivity contribution in [2.24, 2.45) is 5.92 Å². The predicted molar refractivity (Wildman–Crippen MR) is 204 cm³/mol. The van der Waals surface area contributed by atoms with Gasteiger partial charge in [-0.25, -0.2) is 19.2 Å². The van der Waals surface area contributed by atoms with Crippen LogP contribution in [0.3, 0.4) is 0 Å². The van der Waals surface area contributed by atoms with E-state index in [1.54, 1.807) is 20.8 Å². The van der Waals surface area contributed by atoms with Gasteiger partial charge in [-0.3, -0.25) is 4.79 Å². The average molecular weight is 807 g/mol. The molecule has 2 aliphatic rings. The van der Waals surface area contributed by atoms with E-state index in [0.29, 0.717) is 12.0 Å². The Morgan fingerprint density at radius 2 is 1.32 bits per heavy atom. The molecule has 0 unspecified atom stereocenters. The van der Waals surface area contributed by atoms with E-state index in [1.165, 1.54) is 69.2 Å². The molecule has 2 aliphatic heterocycles. The number of carbonyl (C=O) groups is 5. The topological polar surface area (TPSA) is 200 Å². The van der Waals surface area contributed by atoms with Crippen molar-refractivity contribution in [1.82, 2.24) is 0 Å². The standard InChI is InChI=1S/C42H62O15/c1-24(28(50-26(3)43)25(2)23-27-19-17-16-18-20-27)21-22-40-30(51-35(48)56-39(13,14)15)29(44)42(57-40,34(47)55-38(10,11)12)41(49,33(46)54-37(7,8)9)31(52-40)32(45)53-36(4,5)6/h16-20,25,28-31,44,49H,1,21-23H2,2-15H3/t25-,28-,29-,30-,31-,40+,41-,42+/m1/s1. The lowest BCUT2D eigenvalue weighted by molar-refractivity contribution is -0.378. The van der Waals surface area contributed by atoms with E-state index in [0.717, 1.165) is 5.56 Å². The van der Waals surface area contributed by atoms with Gasteiger partial charge >= 0.3 is 30.0 Å². The minimum atomic E-state index is -3.54. The van der Waals surface area contributed by atoms with Gasteiger partial charge in [0.25, 0.3) is 0 Å². The third-order valence-electron chi connectivity index (χ3n) is 8.79. The molecule has 2 bridgehead atoms. The highest BCUT2D eigenvalue weighted by molar-refractivity contribution is 5.99. The monoisotopic (exact) mass is 806 g/mol. The van der Waals surface area contributed by atoms with Crippen LogP contribution in [-0.2, 0) is 63.5 Å². The third-order valence-corrected chi connectivity index (χ3v) is 8.79. The number of benzene rings is 1. The zero-order valence-electron chi connectivity index (χ0n) is 35.8. The van der Waals surface area contributed by atoms with Gasteiger partial charge in [0.05, 0.1) is 0 Å². The van der Waals surface area contributed by atoms with Crippen LogP contribution < -0.4 is 0 Å². The number of aliphatic hydroxyl groups excluding tert-OH is 1. The number of ether oxygens (including phenoxy) is 8. The smallest absolute Gasteiger partial charge is 0.458 e. The van der Waals surface area contributed by atoms with E-state index < -0.39 is 100 Å². The van der Waals surface area contributed by atoms with Crippen LogP contribution in [0.25, 0.3) is 0 Å². The summed E-state index contributed by atoms with van der Waals surface area (Å²) >= 11 is 0. The molecular weight excluding hydrogens is 744 g/mol. The highest BCUT2D eigenvalue weighted by atomic mass is 16.8. The number of carbonyl (C=O) groups excluding carboxylic acids is 5. The molecule has 2 saturated heterocycles. The molecule has 320 valence electrons. The summed E-state index contributed by atoms with van der Waals surface area (Å²) in [5.41, 5.74) is -10.6. The molecule has 0 spiro atoms. The Morgan fingerprint density at radius 1 is 0.807 bits per heavy atom. The highest BCUT2D eigenvalue weighted by Crippen LogP contribution is 2.57. The van der Waals surface area contributed by atoms with Crippen LogP contribution in [0.1, 0.15) is 115 Å². The summed E-state index contributed by atoms with van der Waals surface area (Å²) in [7, 11) is 0. The lowest BCUT2D eigenvalue weighted by Gasteiger charge is -2.51. The normalized spacial score (nSPS) is 27.3. The SMILES string of the molecule is C=C(CC[C@]12O[C@H](C(=O)OC(C)(C)C)[C@@](O)(C(=O)OC(C)(C)C)[C@](C(=O)OC(C)(C)C)(O1)[C@H](O)[C@H]2OC(=O)OC(C)(C)C)[C@@H](OC(C)=O)[C@H](C)Cc1ccccc1. The summed E-state index contributed by atoms with van der Waals surface area (Å²) in [5, 5.41) is 25.2. The summed E-state index contributed by atoms with van der Waals surface area (Å²) in [6, 6.07) is 9.47. The van der Waals surface area contributed by atoms with Gasteiger partial charge in [-0.2, -0.15) is 0 Å². The molecule has 0 amide bonds. The summed E-state index contributed by atoms with van der Waals surface area (Å²) in [5.74, 6) is -7.94. The summed E-state index contributed by atoms with van der Waals surface area (Å²) < 4.78 is 46.5. The van der Waals surface area contributed by atoms with E-state index in [1.807, 2.05) is 37.3 Å². The first-order chi connectivity index (χ1) is 25.8. The second-order valence-electron chi connectivity index (χ2n) is 18.8. The maximum atomic E-state index is 14.6. The van der Waals surface area contributed by atoms with Crippen molar-refractivity contribution in [3.63, 3.8) is 0 Å². The van der Waals surface area contributed by atoms with Crippen LogP contribution in [0, 0.1) is 5.92 Å². The van der Waals surface area contributed by atoms with Gasteiger partial charge in [0.15, 0.2) is 6.10 Å². The molecule has 0 aliphatic carbocycles. The van der Waals surface area contributed by atoms with E-state index in [2.05, 4.69) is 6.58 Å². The number of esters is 4. The van der Waals surface area contributed by atoms with Crippen LogP contribution in [-0.4, -0.2) is 104 Å². The number of rotatable bonds is 12. The molecule has 15 nitrogen and oxygen atoms in total. The minimum Gasteiger partial charge on any atom is -0.458 e. The first-order valence-corrected chi connectivity index (χ1v) is 19.0. The van der Waals surface area contributed by atoms with Crippen LogP contribution >= 0.6 is 0 Å². The van der Waals surface area contributed by atoms with Crippen LogP contribution in [0.2, 0.25) is 0 Å². The van der Waals surface area contributed by atoms with Gasteiger partial charge in [-0.05, 0) is 107 Å². The Balaban J connectivity index is 2.32. The molecule has 2 N–H and O–H groups in total. The fraction of sp³-hybridized carbons (Fsp3) is 0.690. The maximum absolute atomic E-state index is 14.6. The zero-order chi connectivity index (χ0) is 43.7. The van der Waals surface area contributed by atoms with Crippen LogP contribution in [0.4, 0.5) is 4.79 Å². The average Bonchev–Trinajstić information content (AvgIpc) is 3.23. The molecule has 0 aromatic heterocycles. The molecule has 1 aromatic rings. The first kappa shape index (κ1) is 47.3. The second-order valence-corrected chi connectivity index (χ2v) is 18.8. The minimum absolute atomic E-state index is 0.172. The van der Waals surface area contributed by atoms with Gasteiger partial charge in [0, 0.05) is 19.3 Å². The maximum Gasteiger partial charge on any atom is 0.509 e. The van der Waals surface area contributed by atoms with Gasteiger partial charge in [-0.15, -0.1) is 0 Å². The molecule has 2 heterocycles. The lowest BCUT2D eigenvalue weighted by atomic mass is 9.74.